The molecule has 0 spiro atoms. The van der Waals surface area contributed by atoms with E-state index in [-0.39, 0.29) is 16.9 Å². The molecule has 1 N–H and O–H groups in total. The van der Waals surface area contributed by atoms with Crippen molar-refractivity contribution in [3.63, 3.8) is 0 Å². The number of nitrogens with one attached hydrogen (secondary N) is 1. The molecular formula is C16H22BrNO3S2. The molecule has 2 atom stereocenters. The van der Waals surface area contributed by atoms with Gasteiger partial charge in [-0.05, 0) is 59.5 Å². The van der Waals surface area contributed by atoms with E-state index in [1.54, 1.807) is 11.3 Å². The third-order valence-electron chi connectivity index (χ3n) is 4.26. The Bertz CT molecular complexity index is 525. The molecule has 1 amide bonds. The maximum absolute atomic E-state index is 12.4. The van der Waals surface area contributed by atoms with E-state index in [1.165, 1.54) is 17.7 Å². The largest absolute Gasteiger partial charge is 0.350 e. The predicted octanol–water partition coefficient (Wildman–Crippen LogP) is 4.59. The average molecular weight is 420 g/mol. The summed E-state index contributed by atoms with van der Waals surface area (Å²) < 4.78 is 6.49. The van der Waals surface area contributed by atoms with Gasteiger partial charge in [-0.25, -0.2) is 10.3 Å². The molecule has 0 saturated carbocycles. The molecule has 1 aromatic heterocycles. The molecule has 3 rings (SSSR count). The minimum absolute atomic E-state index is 0.0573. The number of rotatable bonds is 5. The molecule has 0 aliphatic carbocycles. The highest BCUT2D eigenvalue weighted by Crippen LogP contribution is 2.50. The van der Waals surface area contributed by atoms with Gasteiger partial charge in [0.25, 0.3) is 0 Å². The van der Waals surface area contributed by atoms with Crippen molar-refractivity contribution in [2.75, 3.05) is 12.4 Å². The number of thiophene rings is 1. The topological polar surface area (TPSA) is 47.6 Å². The van der Waals surface area contributed by atoms with Crippen LogP contribution in [0.25, 0.3) is 0 Å². The summed E-state index contributed by atoms with van der Waals surface area (Å²) in [5.41, 5.74) is 2.62. The summed E-state index contributed by atoms with van der Waals surface area (Å²) >= 11 is 7.18. The van der Waals surface area contributed by atoms with E-state index >= 15 is 0 Å². The first kappa shape index (κ1) is 17.7. The quantitative estimate of drug-likeness (QED) is 0.708. The summed E-state index contributed by atoms with van der Waals surface area (Å²) in [5.74, 6) is 1.05. The van der Waals surface area contributed by atoms with E-state index in [2.05, 4.69) is 33.5 Å². The van der Waals surface area contributed by atoms with Gasteiger partial charge in [0.2, 0.25) is 5.91 Å². The van der Waals surface area contributed by atoms with Gasteiger partial charge in [0, 0.05) is 24.3 Å². The van der Waals surface area contributed by atoms with Crippen LogP contribution in [0.4, 0.5) is 0 Å². The van der Waals surface area contributed by atoms with Crippen molar-refractivity contribution in [3.05, 3.63) is 20.8 Å². The lowest BCUT2D eigenvalue weighted by molar-refractivity contribution is -0.200. The SMILES string of the molecule is O=C(CC1(c2ccc(Br)s2)CCCCS1)NOC1CCCCO1. The number of hydroxylamine groups is 1. The zero-order chi connectivity index (χ0) is 16.1. The Balaban J connectivity index is 1.60. The van der Waals surface area contributed by atoms with Gasteiger partial charge in [-0.1, -0.05) is 6.42 Å². The zero-order valence-electron chi connectivity index (χ0n) is 13.0. The Morgan fingerprint density at radius 3 is 2.96 bits per heavy atom. The molecule has 128 valence electrons. The zero-order valence-corrected chi connectivity index (χ0v) is 16.2. The number of halogens is 1. The molecule has 2 saturated heterocycles. The van der Waals surface area contributed by atoms with Crippen LogP contribution in [0.15, 0.2) is 15.9 Å². The van der Waals surface area contributed by atoms with Crippen molar-refractivity contribution >= 4 is 44.9 Å². The fraction of sp³-hybridized carbons (Fsp3) is 0.688. The van der Waals surface area contributed by atoms with E-state index in [1.807, 2.05) is 11.8 Å². The van der Waals surface area contributed by atoms with Crippen molar-refractivity contribution in [3.8, 4) is 0 Å². The molecule has 3 heterocycles. The summed E-state index contributed by atoms with van der Waals surface area (Å²) in [5, 5.41) is 0. The van der Waals surface area contributed by atoms with Crippen LogP contribution in [0.2, 0.25) is 0 Å². The van der Waals surface area contributed by atoms with Crippen molar-refractivity contribution in [1.29, 1.82) is 0 Å². The summed E-state index contributed by atoms with van der Waals surface area (Å²) in [6.07, 6.45) is 6.60. The number of carbonyl (C=O) groups excluding carboxylic acids is 1. The normalized spacial score (nSPS) is 28.5. The van der Waals surface area contributed by atoms with E-state index in [9.17, 15) is 4.79 Å². The number of hydrogen-bond acceptors (Lipinski definition) is 5. The highest BCUT2D eigenvalue weighted by Gasteiger charge is 2.38. The van der Waals surface area contributed by atoms with E-state index < -0.39 is 0 Å². The van der Waals surface area contributed by atoms with Crippen LogP contribution in [0, 0.1) is 0 Å². The lowest BCUT2D eigenvalue weighted by atomic mass is 9.94. The van der Waals surface area contributed by atoms with E-state index in [4.69, 9.17) is 9.57 Å². The molecule has 2 aliphatic heterocycles. The van der Waals surface area contributed by atoms with Gasteiger partial charge in [0.1, 0.15) is 0 Å². The first-order valence-corrected chi connectivity index (χ1v) is 10.7. The third kappa shape index (κ3) is 4.72. The fourth-order valence-corrected chi connectivity index (χ4v) is 6.33. The van der Waals surface area contributed by atoms with Gasteiger partial charge in [-0.3, -0.25) is 4.79 Å². The minimum atomic E-state index is -0.293. The van der Waals surface area contributed by atoms with Gasteiger partial charge in [0.05, 0.1) is 8.53 Å². The Morgan fingerprint density at radius 2 is 2.30 bits per heavy atom. The maximum Gasteiger partial charge on any atom is 0.245 e. The van der Waals surface area contributed by atoms with Crippen LogP contribution >= 0.6 is 39.0 Å². The van der Waals surface area contributed by atoms with Crippen molar-refractivity contribution in [2.45, 2.75) is 56.0 Å². The van der Waals surface area contributed by atoms with Crippen LogP contribution in [0.1, 0.15) is 49.8 Å². The first-order chi connectivity index (χ1) is 11.2. The minimum Gasteiger partial charge on any atom is -0.350 e. The smallest absolute Gasteiger partial charge is 0.245 e. The third-order valence-corrected chi connectivity index (χ3v) is 7.83. The number of hydrogen-bond donors (Lipinski definition) is 1. The lowest BCUT2D eigenvalue weighted by Gasteiger charge is -2.35. The number of amides is 1. The summed E-state index contributed by atoms with van der Waals surface area (Å²) in [6.45, 7) is 0.712. The molecule has 4 nitrogen and oxygen atoms in total. The first-order valence-electron chi connectivity index (χ1n) is 8.14. The Morgan fingerprint density at radius 1 is 1.39 bits per heavy atom. The predicted molar refractivity (Wildman–Crippen MR) is 97.4 cm³/mol. The summed E-state index contributed by atoms with van der Waals surface area (Å²) in [6, 6.07) is 4.21. The van der Waals surface area contributed by atoms with Crippen LogP contribution in [-0.2, 0) is 19.1 Å². The Kier molecular flexibility index (Phi) is 6.43. The van der Waals surface area contributed by atoms with Gasteiger partial charge in [-0.2, -0.15) is 0 Å². The summed E-state index contributed by atoms with van der Waals surface area (Å²) in [7, 11) is 0. The fourth-order valence-electron chi connectivity index (χ4n) is 3.06. The molecule has 2 fully saturated rings. The highest BCUT2D eigenvalue weighted by atomic mass is 79.9. The van der Waals surface area contributed by atoms with E-state index in [0.29, 0.717) is 13.0 Å². The van der Waals surface area contributed by atoms with Gasteiger partial charge in [0.15, 0.2) is 6.29 Å². The molecule has 2 unspecified atom stereocenters. The molecule has 0 aromatic carbocycles. The van der Waals surface area contributed by atoms with Crippen LogP contribution < -0.4 is 5.48 Å². The van der Waals surface area contributed by atoms with Gasteiger partial charge < -0.3 is 4.74 Å². The molecule has 23 heavy (non-hydrogen) atoms. The van der Waals surface area contributed by atoms with Crippen molar-refractivity contribution < 1.29 is 14.4 Å². The Hall–Kier alpha value is -0.0800. The average Bonchev–Trinajstić information content (AvgIpc) is 3.02. The van der Waals surface area contributed by atoms with Crippen molar-refractivity contribution in [2.24, 2.45) is 0 Å². The number of ether oxygens (including phenoxy) is 1. The monoisotopic (exact) mass is 419 g/mol. The van der Waals surface area contributed by atoms with Crippen LogP contribution in [0.3, 0.4) is 0 Å². The Labute approximate surface area is 153 Å². The second-order valence-electron chi connectivity index (χ2n) is 6.02. The maximum atomic E-state index is 12.4. The number of thioether (sulfide) groups is 1. The lowest BCUT2D eigenvalue weighted by Crippen LogP contribution is -2.37. The molecule has 7 heteroatoms. The molecule has 0 bridgehead atoms. The molecule has 0 radical (unpaired) electrons. The second-order valence-corrected chi connectivity index (χ2v) is 9.96. The van der Waals surface area contributed by atoms with Crippen LogP contribution in [-0.4, -0.2) is 24.6 Å². The van der Waals surface area contributed by atoms with Crippen LogP contribution in [0.5, 0.6) is 0 Å². The number of carbonyl (C=O) groups is 1. The van der Waals surface area contributed by atoms with Gasteiger partial charge >= 0.3 is 0 Å². The van der Waals surface area contributed by atoms with Gasteiger partial charge in [-0.15, -0.1) is 23.1 Å². The molecule has 1 aromatic rings. The second kappa shape index (κ2) is 8.34. The standard InChI is InChI=1S/C16H22BrNO3S2/c17-13-7-6-12(23-13)16(8-2-4-10-22-16)11-14(19)18-21-15-5-1-3-9-20-15/h6-7,15H,1-5,8-11H2,(H,18,19). The van der Waals surface area contributed by atoms with E-state index in [0.717, 1.165) is 35.2 Å². The van der Waals surface area contributed by atoms with Crippen molar-refractivity contribution in [1.82, 2.24) is 5.48 Å². The highest BCUT2D eigenvalue weighted by molar-refractivity contribution is 9.11. The molecular weight excluding hydrogens is 398 g/mol. The molecule has 2 aliphatic rings. The summed E-state index contributed by atoms with van der Waals surface area (Å²) in [4.78, 5) is 19.1.